The highest BCUT2D eigenvalue weighted by molar-refractivity contribution is 6.18. The molecule has 0 spiro atoms. The van der Waals surface area contributed by atoms with Gasteiger partial charge in [-0.1, -0.05) is 5.16 Å². The van der Waals surface area contributed by atoms with Crippen LogP contribution in [-0.4, -0.2) is 64.8 Å². The summed E-state index contributed by atoms with van der Waals surface area (Å²) in [5.74, 6) is 0.436. The first-order valence-corrected chi connectivity index (χ1v) is 5.26. The SMILES string of the molecule is COC1=CC(=[N+](CCO)CCO)C=C/C1=N\O. The number of hydrogen-bond donors (Lipinski definition) is 3. The van der Waals surface area contributed by atoms with E-state index < -0.39 is 0 Å². The minimum Gasteiger partial charge on any atom is -0.494 e. The second-order valence-electron chi connectivity index (χ2n) is 3.39. The van der Waals surface area contributed by atoms with Crippen molar-refractivity contribution in [2.24, 2.45) is 5.16 Å². The molecule has 0 aromatic heterocycles. The van der Waals surface area contributed by atoms with E-state index >= 15 is 0 Å². The maximum Gasteiger partial charge on any atom is 0.203 e. The van der Waals surface area contributed by atoms with Gasteiger partial charge in [0.1, 0.15) is 18.9 Å². The third-order valence-corrected chi connectivity index (χ3v) is 2.38. The van der Waals surface area contributed by atoms with E-state index in [0.717, 1.165) is 5.71 Å². The van der Waals surface area contributed by atoms with Crippen molar-refractivity contribution < 1.29 is 24.7 Å². The van der Waals surface area contributed by atoms with Crippen LogP contribution in [-0.2, 0) is 4.74 Å². The minimum absolute atomic E-state index is 0.00551. The molecule has 0 unspecified atom stereocenters. The van der Waals surface area contributed by atoms with E-state index in [0.29, 0.717) is 24.6 Å². The molecule has 0 saturated heterocycles. The van der Waals surface area contributed by atoms with Crippen LogP contribution in [0.4, 0.5) is 0 Å². The van der Waals surface area contributed by atoms with Crippen molar-refractivity contribution >= 4 is 11.4 Å². The lowest BCUT2D eigenvalue weighted by Gasteiger charge is -2.10. The van der Waals surface area contributed by atoms with Gasteiger partial charge in [0, 0.05) is 6.08 Å². The van der Waals surface area contributed by atoms with E-state index in [1.807, 2.05) is 4.58 Å². The Morgan fingerprint density at radius 2 is 1.88 bits per heavy atom. The van der Waals surface area contributed by atoms with Gasteiger partial charge in [0.25, 0.3) is 0 Å². The van der Waals surface area contributed by atoms with Crippen LogP contribution in [0.1, 0.15) is 0 Å². The standard InChI is InChI=1S/C11H16N2O4/c1-17-11-8-9(2-3-10(11)12-16)13(4-6-14)5-7-15/h2-3,8,14-15H,4-7H2,1H3/p+1. The number of rotatable bonds is 5. The fraction of sp³-hybridized carbons (Fsp3) is 0.455. The van der Waals surface area contributed by atoms with Crippen molar-refractivity contribution in [3.63, 3.8) is 0 Å². The molecule has 0 aromatic carbocycles. The quantitative estimate of drug-likeness (QED) is 0.258. The zero-order valence-corrected chi connectivity index (χ0v) is 9.70. The first kappa shape index (κ1) is 13.4. The molecule has 6 nitrogen and oxygen atoms in total. The number of ether oxygens (including phenoxy) is 1. The summed E-state index contributed by atoms with van der Waals surface area (Å²) in [5.41, 5.74) is 1.13. The molecule has 0 radical (unpaired) electrons. The maximum atomic E-state index is 8.94. The van der Waals surface area contributed by atoms with E-state index in [4.69, 9.17) is 20.2 Å². The number of aliphatic hydroxyl groups is 2. The molecular formula is C11H17N2O4+. The minimum atomic E-state index is -0.00551. The van der Waals surface area contributed by atoms with Crippen molar-refractivity contribution in [3.05, 3.63) is 24.0 Å². The molecule has 1 aliphatic carbocycles. The average Bonchev–Trinajstić information content (AvgIpc) is 2.37. The molecule has 1 aliphatic rings. The molecule has 0 heterocycles. The Balaban J connectivity index is 3.05. The molecule has 94 valence electrons. The Morgan fingerprint density at radius 1 is 1.24 bits per heavy atom. The van der Waals surface area contributed by atoms with Gasteiger partial charge in [-0.15, -0.1) is 0 Å². The molecule has 0 amide bonds. The molecule has 0 aromatic rings. The van der Waals surface area contributed by atoms with Crippen LogP contribution in [0.25, 0.3) is 0 Å². The van der Waals surface area contributed by atoms with Crippen molar-refractivity contribution in [2.75, 3.05) is 33.4 Å². The third kappa shape index (κ3) is 3.40. The van der Waals surface area contributed by atoms with Crippen molar-refractivity contribution in [2.45, 2.75) is 0 Å². The predicted octanol–water partition coefficient (Wildman–Crippen LogP) is -0.645. The van der Waals surface area contributed by atoms with E-state index in [9.17, 15) is 0 Å². The van der Waals surface area contributed by atoms with Gasteiger partial charge in [0.05, 0.1) is 13.2 Å². The fourth-order valence-corrected chi connectivity index (χ4v) is 1.56. The molecule has 0 saturated carbocycles. The van der Waals surface area contributed by atoms with Crippen LogP contribution >= 0.6 is 0 Å². The van der Waals surface area contributed by atoms with Crippen molar-refractivity contribution in [1.29, 1.82) is 0 Å². The molecule has 0 atom stereocenters. The van der Waals surface area contributed by atoms with E-state index in [1.165, 1.54) is 7.11 Å². The number of oxime groups is 1. The zero-order valence-electron chi connectivity index (χ0n) is 9.70. The summed E-state index contributed by atoms with van der Waals surface area (Å²) < 4.78 is 6.89. The second-order valence-corrected chi connectivity index (χ2v) is 3.39. The highest BCUT2D eigenvalue weighted by Gasteiger charge is 2.18. The molecule has 0 aliphatic heterocycles. The second kappa shape index (κ2) is 6.82. The maximum absolute atomic E-state index is 8.94. The van der Waals surface area contributed by atoms with E-state index in [2.05, 4.69) is 5.16 Å². The van der Waals surface area contributed by atoms with Gasteiger partial charge in [0.15, 0.2) is 18.8 Å². The van der Waals surface area contributed by atoms with Gasteiger partial charge in [-0.25, -0.2) is 4.58 Å². The smallest absolute Gasteiger partial charge is 0.203 e. The van der Waals surface area contributed by atoms with Crippen LogP contribution in [0.3, 0.4) is 0 Å². The Hall–Kier alpha value is -1.66. The van der Waals surface area contributed by atoms with Gasteiger partial charge in [-0.05, 0) is 6.08 Å². The number of allylic oxidation sites excluding steroid dienone is 3. The Kier molecular flexibility index (Phi) is 5.38. The third-order valence-electron chi connectivity index (χ3n) is 2.38. The van der Waals surface area contributed by atoms with E-state index in [-0.39, 0.29) is 13.2 Å². The van der Waals surface area contributed by atoms with Crippen LogP contribution < -0.4 is 0 Å². The number of hydrogen-bond acceptors (Lipinski definition) is 5. The molecule has 1 rings (SSSR count). The number of nitrogens with zero attached hydrogens (tertiary/aromatic N) is 2. The summed E-state index contributed by atoms with van der Waals surface area (Å²) in [7, 11) is 1.48. The first-order valence-electron chi connectivity index (χ1n) is 5.26. The Bertz CT molecular complexity index is 375. The monoisotopic (exact) mass is 241 g/mol. The summed E-state index contributed by atoms with van der Waals surface area (Å²) in [5, 5.41) is 29.7. The molecule has 0 bridgehead atoms. The molecule has 3 N–H and O–H groups in total. The predicted molar refractivity (Wildman–Crippen MR) is 62.6 cm³/mol. The largest absolute Gasteiger partial charge is 0.494 e. The summed E-state index contributed by atoms with van der Waals surface area (Å²) in [6, 6.07) is 0. The topological polar surface area (TPSA) is 85.3 Å². The summed E-state index contributed by atoms with van der Waals surface area (Å²) in [4.78, 5) is 0. The van der Waals surface area contributed by atoms with Crippen LogP contribution in [0.15, 0.2) is 29.1 Å². The van der Waals surface area contributed by atoms with Gasteiger partial charge >= 0.3 is 0 Å². The lowest BCUT2D eigenvalue weighted by atomic mass is 10.1. The zero-order chi connectivity index (χ0) is 12.7. The van der Waals surface area contributed by atoms with Crippen molar-refractivity contribution in [1.82, 2.24) is 0 Å². The van der Waals surface area contributed by atoms with Crippen molar-refractivity contribution in [3.8, 4) is 0 Å². The van der Waals surface area contributed by atoms with Gasteiger partial charge < -0.3 is 20.2 Å². The van der Waals surface area contributed by atoms with E-state index in [1.54, 1.807) is 18.2 Å². The van der Waals surface area contributed by atoms with Gasteiger partial charge in [-0.3, -0.25) is 0 Å². The van der Waals surface area contributed by atoms with Gasteiger partial charge in [0.2, 0.25) is 5.71 Å². The van der Waals surface area contributed by atoms with Crippen LogP contribution in [0.2, 0.25) is 0 Å². The highest BCUT2D eigenvalue weighted by atomic mass is 16.5. The Morgan fingerprint density at radius 3 is 2.35 bits per heavy atom. The lowest BCUT2D eigenvalue weighted by Crippen LogP contribution is -2.27. The molecular weight excluding hydrogens is 224 g/mol. The Labute approximate surface area is 99.5 Å². The van der Waals surface area contributed by atoms with Crippen LogP contribution in [0, 0.1) is 0 Å². The molecule has 0 fully saturated rings. The molecule has 6 heteroatoms. The number of methoxy groups -OCH3 is 1. The average molecular weight is 241 g/mol. The lowest BCUT2D eigenvalue weighted by molar-refractivity contribution is -0.530. The number of aliphatic hydroxyl groups excluding tert-OH is 2. The summed E-state index contributed by atoms with van der Waals surface area (Å²) in [6.45, 7) is 0.821. The molecule has 17 heavy (non-hydrogen) atoms. The fourth-order valence-electron chi connectivity index (χ4n) is 1.56. The highest BCUT2D eigenvalue weighted by Crippen LogP contribution is 2.08. The summed E-state index contributed by atoms with van der Waals surface area (Å²) >= 11 is 0. The summed E-state index contributed by atoms with van der Waals surface area (Å²) in [6.07, 6.45) is 5.04. The first-order chi connectivity index (χ1) is 8.26. The van der Waals surface area contributed by atoms with Gasteiger partial charge in [-0.2, -0.15) is 0 Å². The van der Waals surface area contributed by atoms with Crippen LogP contribution in [0.5, 0.6) is 0 Å². The normalized spacial score (nSPS) is 17.2.